The minimum Gasteiger partial charge on any atom is -0.389 e. The Labute approximate surface area is 120 Å². The van der Waals surface area contributed by atoms with Gasteiger partial charge in [0.15, 0.2) is 0 Å². The first-order valence-electron chi connectivity index (χ1n) is 7.22. The molecule has 3 N–H and O–H groups in total. The zero-order valence-corrected chi connectivity index (χ0v) is 12.2. The van der Waals surface area contributed by atoms with E-state index in [4.69, 9.17) is 22.9 Å². The van der Waals surface area contributed by atoms with Crippen molar-refractivity contribution >= 4 is 23.0 Å². The van der Waals surface area contributed by atoms with Crippen LogP contribution in [0.4, 0.5) is 5.82 Å². The predicted octanol–water partition coefficient (Wildman–Crippen LogP) is 2.81. The lowest BCUT2D eigenvalue weighted by atomic mass is 10.1. The number of hydrogen-bond acceptors (Lipinski definition) is 3. The van der Waals surface area contributed by atoms with Crippen molar-refractivity contribution in [3.63, 3.8) is 0 Å². The first-order chi connectivity index (χ1) is 9.13. The molecular formula is C15H21N3S. The van der Waals surface area contributed by atoms with Crippen LogP contribution in [0.1, 0.15) is 49.4 Å². The third-order valence-corrected chi connectivity index (χ3v) is 4.57. The first kappa shape index (κ1) is 12.9. The Bertz CT molecular complexity index is 512. The number of fused-ring (bicyclic) bond motifs is 1. The molecule has 0 radical (unpaired) electrons. The summed E-state index contributed by atoms with van der Waals surface area (Å²) in [7, 11) is 0. The second-order valence-corrected chi connectivity index (χ2v) is 6.41. The summed E-state index contributed by atoms with van der Waals surface area (Å²) in [5.41, 5.74) is 9.34. The fourth-order valence-electron chi connectivity index (χ4n) is 3.30. The normalized spacial score (nSPS) is 25.3. The SMILES string of the molecule is CC1CCC(Nc2nc3c(cc2C(N)=S)CCC3)C1. The van der Waals surface area contributed by atoms with Gasteiger partial charge in [0.05, 0.1) is 5.56 Å². The van der Waals surface area contributed by atoms with Crippen LogP contribution in [0.2, 0.25) is 0 Å². The number of pyridine rings is 1. The van der Waals surface area contributed by atoms with Crippen LogP contribution in [0, 0.1) is 5.92 Å². The van der Waals surface area contributed by atoms with E-state index in [-0.39, 0.29) is 0 Å². The summed E-state index contributed by atoms with van der Waals surface area (Å²) in [5.74, 6) is 1.72. The van der Waals surface area contributed by atoms with Gasteiger partial charge in [-0.2, -0.15) is 0 Å². The van der Waals surface area contributed by atoms with E-state index in [0.29, 0.717) is 11.0 Å². The maximum atomic E-state index is 5.86. The van der Waals surface area contributed by atoms with Gasteiger partial charge < -0.3 is 11.1 Å². The highest BCUT2D eigenvalue weighted by molar-refractivity contribution is 7.80. The molecule has 1 aromatic rings. The van der Waals surface area contributed by atoms with E-state index in [2.05, 4.69) is 18.3 Å². The van der Waals surface area contributed by atoms with Crippen LogP contribution in [-0.2, 0) is 12.8 Å². The summed E-state index contributed by atoms with van der Waals surface area (Å²) in [6, 6.07) is 2.67. The van der Waals surface area contributed by atoms with Gasteiger partial charge in [-0.25, -0.2) is 4.98 Å². The summed E-state index contributed by atoms with van der Waals surface area (Å²) >= 11 is 5.18. The third-order valence-electron chi connectivity index (χ3n) is 4.35. The second kappa shape index (κ2) is 5.08. The van der Waals surface area contributed by atoms with Crippen LogP contribution in [0.5, 0.6) is 0 Å². The van der Waals surface area contributed by atoms with Gasteiger partial charge in [-0.1, -0.05) is 19.1 Å². The molecule has 1 heterocycles. The van der Waals surface area contributed by atoms with Crippen molar-refractivity contribution in [2.75, 3.05) is 5.32 Å². The molecule has 0 spiro atoms. The molecule has 4 heteroatoms. The van der Waals surface area contributed by atoms with Crippen molar-refractivity contribution in [2.45, 2.75) is 51.5 Å². The minimum atomic E-state index is 0.454. The van der Waals surface area contributed by atoms with Gasteiger partial charge in [-0.05, 0) is 56.1 Å². The lowest BCUT2D eigenvalue weighted by Gasteiger charge is -2.17. The van der Waals surface area contributed by atoms with E-state index in [1.165, 1.54) is 36.9 Å². The Hall–Kier alpha value is -1.16. The zero-order chi connectivity index (χ0) is 13.4. The maximum absolute atomic E-state index is 5.86. The third kappa shape index (κ3) is 2.59. The van der Waals surface area contributed by atoms with Crippen molar-refractivity contribution in [3.8, 4) is 0 Å². The average Bonchev–Trinajstić information content (AvgIpc) is 2.96. The number of aromatic nitrogens is 1. The Kier molecular flexibility index (Phi) is 3.44. The Morgan fingerprint density at radius 3 is 2.95 bits per heavy atom. The number of rotatable bonds is 3. The van der Waals surface area contributed by atoms with Crippen LogP contribution in [0.25, 0.3) is 0 Å². The molecule has 3 nitrogen and oxygen atoms in total. The van der Waals surface area contributed by atoms with Gasteiger partial charge in [0.25, 0.3) is 0 Å². The summed E-state index contributed by atoms with van der Waals surface area (Å²) < 4.78 is 0. The van der Waals surface area contributed by atoms with Gasteiger partial charge >= 0.3 is 0 Å². The standard InChI is InChI=1S/C15H21N3S/c1-9-5-6-11(7-9)17-15-12(14(16)19)8-10-3-2-4-13(10)18-15/h8-9,11H,2-7H2,1H3,(H2,16,19)(H,17,18). The Balaban J connectivity index is 1.88. The maximum Gasteiger partial charge on any atom is 0.136 e. The molecule has 2 unspecified atom stereocenters. The van der Waals surface area contributed by atoms with E-state index in [1.54, 1.807) is 0 Å². The van der Waals surface area contributed by atoms with Crippen LogP contribution in [-0.4, -0.2) is 16.0 Å². The minimum absolute atomic E-state index is 0.454. The number of nitrogens with zero attached hydrogens (tertiary/aromatic N) is 1. The fraction of sp³-hybridized carbons (Fsp3) is 0.600. The molecule has 0 saturated heterocycles. The van der Waals surface area contributed by atoms with Crippen molar-refractivity contribution in [1.29, 1.82) is 0 Å². The summed E-state index contributed by atoms with van der Waals surface area (Å²) in [4.78, 5) is 5.24. The number of hydrogen-bond donors (Lipinski definition) is 2. The number of nitrogens with two attached hydrogens (primary N) is 1. The average molecular weight is 275 g/mol. The van der Waals surface area contributed by atoms with Crippen LogP contribution < -0.4 is 11.1 Å². The van der Waals surface area contributed by atoms with Crippen molar-refractivity contribution in [2.24, 2.45) is 11.7 Å². The first-order valence-corrected chi connectivity index (χ1v) is 7.63. The Morgan fingerprint density at radius 1 is 1.42 bits per heavy atom. The fourth-order valence-corrected chi connectivity index (χ4v) is 3.46. The van der Waals surface area contributed by atoms with Crippen LogP contribution >= 0.6 is 12.2 Å². The van der Waals surface area contributed by atoms with Gasteiger partial charge in [-0.3, -0.25) is 0 Å². The summed E-state index contributed by atoms with van der Waals surface area (Å²) in [6.07, 6.45) is 7.13. The lowest BCUT2D eigenvalue weighted by Crippen LogP contribution is -2.21. The molecule has 19 heavy (non-hydrogen) atoms. The molecule has 0 amide bonds. The summed E-state index contributed by atoms with van der Waals surface area (Å²) in [5, 5.41) is 3.57. The molecule has 2 atom stereocenters. The van der Waals surface area contributed by atoms with Gasteiger partial charge in [-0.15, -0.1) is 0 Å². The molecule has 0 bridgehead atoms. The largest absolute Gasteiger partial charge is 0.389 e. The van der Waals surface area contributed by atoms with Crippen molar-refractivity contribution in [3.05, 3.63) is 22.9 Å². The predicted molar refractivity (Wildman–Crippen MR) is 82.6 cm³/mol. The molecular weight excluding hydrogens is 254 g/mol. The molecule has 0 aliphatic heterocycles. The van der Waals surface area contributed by atoms with Gasteiger partial charge in [0.2, 0.25) is 0 Å². The molecule has 2 aliphatic carbocycles. The molecule has 3 rings (SSSR count). The molecule has 1 fully saturated rings. The quantitative estimate of drug-likeness (QED) is 0.833. The van der Waals surface area contributed by atoms with Crippen LogP contribution in [0.15, 0.2) is 6.07 Å². The van der Waals surface area contributed by atoms with Crippen molar-refractivity contribution in [1.82, 2.24) is 4.98 Å². The van der Waals surface area contributed by atoms with Crippen molar-refractivity contribution < 1.29 is 0 Å². The molecule has 1 saturated carbocycles. The second-order valence-electron chi connectivity index (χ2n) is 5.97. The highest BCUT2D eigenvalue weighted by atomic mass is 32.1. The Morgan fingerprint density at radius 2 is 2.26 bits per heavy atom. The number of anilines is 1. The van der Waals surface area contributed by atoms with E-state index >= 15 is 0 Å². The number of thiocarbonyl (C=S) groups is 1. The smallest absolute Gasteiger partial charge is 0.136 e. The highest BCUT2D eigenvalue weighted by Crippen LogP contribution is 2.30. The highest BCUT2D eigenvalue weighted by Gasteiger charge is 2.24. The van der Waals surface area contributed by atoms with E-state index in [1.807, 2.05) is 0 Å². The van der Waals surface area contributed by atoms with E-state index < -0.39 is 0 Å². The van der Waals surface area contributed by atoms with Gasteiger partial charge in [0.1, 0.15) is 10.8 Å². The van der Waals surface area contributed by atoms with E-state index in [0.717, 1.165) is 30.1 Å². The van der Waals surface area contributed by atoms with Gasteiger partial charge in [0, 0.05) is 11.7 Å². The number of nitrogens with one attached hydrogen (secondary N) is 1. The molecule has 2 aliphatic rings. The monoisotopic (exact) mass is 275 g/mol. The molecule has 0 aromatic carbocycles. The zero-order valence-electron chi connectivity index (χ0n) is 11.4. The molecule has 102 valence electrons. The molecule has 1 aromatic heterocycles. The topological polar surface area (TPSA) is 50.9 Å². The van der Waals surface area contributed by atoms with Crippen LogP contribution in [0.3, 0.4) is 0 Å². The lowest BCUT2D eigenvalue weighted by molar-refractivity contribution is 0.602. The number of aryl methyl sites for hydroxylation is 2. The summed E-state index contributed by atoms with van der Waals surface area (Å²) in [6.45, 7) is 2.31. The van der Waals surface area contributed by atoms with E-state index in [9.17, 15) is 0 Å².